The molecule has 2 aromatic carbocycles. The van der Waals surface area contributed by atoms with E-state index in [1.807, 2.05) is 61.5 Å². The highest BCUT2D eigenvalue weighted by Gasteiger charge is 2.07. The maximum absolute atomic E-state index is 5.81. The molecule has 2 nitrogen and oxygen atoms in total. The highest BCUT2D eigenvalue weighted by Crippen LogP contribution is 2.31. The number of aryl methyl sites for hydroxylation is 1. The average Bonchev–Trinajstić information content (AvgIpc) is 2.72. The fraction of sp³-hybridized carbons (Fsp3) is 0.0667. The summed E-state index contributed by atoms with van der Waals surface area (Å²) in [6.45, 7) is 1.94. The Morgan fingerprint density at radius 3 is 2.59 bits per heavy atom. The molecule has 0 amide bonds. The summed E-state index contributed by atoms with van der Waals surface area (Å²) in [6.07, 6.45) is 0. The maximum Gasteiger partial charge on any atom is 0.176 e. The molecule has 0 aliphatic rings. The summed E-state index contributed by atoms with van der Waals surface area (Å²) in [7, 11) is 0. The minimum absolute atomic E-state index is 0.752. The van der Waals surface area contributed by atoms with Crippen LogP contribution in [0.3, 0.4) is 0 Å². The van der Waals surface area contributed by atoms with E-state index in [1.165, 1.54) is 0 Å². The third-order valence-electron chi connectivity index (χ3n) is 2.60. The number of rotatable bonds is 2. The Morgan fingerprint density at radius 2 is 1.76 bits per heavy atom. The molecule has 1 aromatic heterocycles. The number of hydrogen-bond donors (Lipinski definition) is 0. The van der Waals surface area contributed by atoms with Gasteiger partial charge in [0.25, 0.3) is 0 Å². The van der Waals surface area contributed by atoms with Gasteiger partial charge in [-0.25, -0.2) is 0 Å². The van der Waals surface area contributed by atoms with Gasteiger partial charge in [0.05, 0.1) is 0 Å². The van der Waals surface area contributed by atoms with Crippen molar-refractivity contribution in [1.82, 2.24) is 0 Å². The topological polar surface area (TPSA) is 22.4 Å². The van der Waals surface area contributed by atoms with Gasteiger partial charge in [-0.2, -0.15) is 0 Å². The highest BCUT2D eigenvalue weighted by molar-refractivity contribution is 5.83. The lowest BCUT2D eigenvalue weighted by atomic mass is 10.2. The first-order valence-electron chi connectivity index (χ1n) is 5.55. The third kappa shape index (κ3) is 1.89. The standard InChI is InChI=1S/C15H12O2/c1-11-10-12-6-5-9-14(15(12)16-11)17-13-7-3-2-4-8-13/h2-10H,1H3. The van der Waals surface area contributed by atoms with Crippen molar-refractivity contribution in [2.24, 2.45) is 0 Å². The van der Waals surface area contributed by atoms with Gasteiger partial charge in [0, 0.05) is 5.39 Å². The summed E-state index contributed by atoms with van der Waals surface area (Å²) < 4.78 is 11.5. The summed E-state index contributed by atoms with van der Waals surface area (Å²) in [5.74, 6) is 2.46. The van der Waals surface area contributed by atoms with E-state index in [2.05, 4.69) is 0 Å². The van der Waals surface area contributed by atoms with Crippen LogP contribution in [0.2, 0.25) is 0 Å². The van der Waals surface area contributed by atoms with Gasteiger partial charge in [0.1, 0.15) is 11.5 Å². The molecule has 0 atom stereocenters. The van der Waals surface area contributed by atoms with Gasteiger partial charge >= 0.3 is 0 Å². The van der Waals surface area contributed by atoms with E-state index in [1.54, 1.807) is 0 Å². The Hall–Kier alpha value is -2.22. The predicted octanol–water partition coefficient (Wildman–Crippen LogP) is 4.53. The lowest BCUT2D eigenvalue weighted by Gasteiger charge is -2.05. The van der Waals surface area contributed by atoms with Gasteiger partial charge in [0.2, 0.25) is 0 Å². The van der Waals surface area contributed by atoms with Crippen molar-refractivity contribution in [3.8, 4) is 11.5 Å². The number of para-hydroxylation sites is 2. The first kappa shape index (κ1) is 9.97. The molecular formula is C15H12O2. The lowest BCUT2D eigenvalue weighted by molar-refractivity contribution is 0.469. The largest absolute Gasteiger partial charge is 0.457 e. The first-order chi connectivity index (χ1) is 8.33. The van der Waals surface area contributed by atoms with Gasteiger partial charge in [-0.05, 0) is 31.2 Å². The SMILES string of the molecule is Cc1cc2cccc(Oc3ccccc3)c2o1. The third-order valence-corrected chi connectivity index (χ3v) is 2.60. The quantitative estimate of drug-likeness (QED) is 0.638. The van der Waals surface area contributed by atoms with Crippen molar-refractivity contribution in [1.29, 1.82) is 0 Å². The number of ether oxygens (including phenoxy) is 1. The van der Waals surface area contributed by atoms with Crippen molar-refractivity contribution in [2.45, 2.75) is 6.92 Å². The van der Waals surface area contributed by atoms with Crippen molar-refractivity contribution in [3.63, 3.8) is 0 Å². The zero-order valence-corrected chi connectivity index (χ0v) is 9.51. The van der Waals surface area contributed by atoms with E-state index in [9.17, 15) is 0 Å². The number of furan rings is 1. The first-order valence-corrected chi connectivity index (χ1v) is 5.55. The van der Waals surface area contributed by atoms with E-state index in [0.29, 0.717) is 0 Å². The Kier molecular flexibility index (Phi) is 2.33. The number of fused-ring (bicyclic) bond motifs is 1. The molecule has 0 saturated carbocycles. The van der Waals surface area contributed by atoms with Crippen LogP contribution in [0, 0.1) is 6.92 Å². The second-order valence-corrected chi connectivity index (χ2v) is 3.95. The van der Waals surface area contributed by atoms with Gasteiger partial charge in [0.15, 0.2) is 11.3 Å². The van der Waals surface area contributed by atoms with Crippen LogP contribution in [0.15, 0.2) is 59.0 Å². The zero-order valence-electron chi connectivity index (χ0n) is 9.51. The summed E-state index contributed by atoms with van der Waals surface area (Å²) >= 11 is 0. The van der Waals surface area contributed by atoms with E-state index in [4.69, 9.17) is 9.15 Å². The second kappa shape index (κ2) is 3.98. The van der Waals surface area contributed by atoms with Crippen molar-refractivity contribution in [2.75, 3.05) is 0 Å². The Balaban J connectivity index is 2.06. The molecule has 84 valence electrons. The van der Waals surface area contributed by atoms with Crippen LogP contribution in [0.1, 0.15) is 5.76 Å². The van der Waals surface area contributed by atoms with Gasteiger partial charge in [-0.3, -0.25) is 0 Å². The monoisotopic (exact) mass is 224 g/mol. The van der Waals surface area contributed by atoms with Crippen LogP contribution in [0.25, 0.3) is 11.0 Å². The minimum Gasteiger partial charge on any atom is -0.457 e. The molecule has 0 unspecified atom stereocenters. The van der Waals surface area contributed by atoms with E-state index in [-0.39, 0.29) is 0 Å². The maximum atomic E-state index is 5.81. The molecule has 0 aliphatic heterocycles. The molecule has 3 aromatic rings. The summed E-state index contributed by atoms with van der Waals surface area (Å²) in [5.41, 5.74) is 0.800. The molecule has 0 N–H and O–H groups in total. The summed E-state index contributed by atoms with van der Waals surface area (Å²) in [5, 5.41) is 1.07. The van der Waals surface area contributed by atoms with Gasteiger partial charge in [-0.1, -0.05) is 30.3 Å². The summed E-state index contributed by atoms with van der Waals surface area (Å²) in [4.78, 5) is 0. The van der Waals surface area contributed by atoms with E-state index in [0.717, 1.165) is 28.2 Å². The van der Waals surface area contributed by atoms with Crippen LogP contribution in [0.4, 0.5) is 0 Å². The molecule has 0 bridgehead atoms. The fourth-order valence-electron chi connectivity index (χ4n) is 1.86. The molecule has 17 heavy (non-hydrogen) atoms. The normalized spacial score (nSPS) is 10.6. The van der Waals surface area contributed by atoms with Crippen molar-refractivity contribution in [3.05, 3.63) is 60.4 Å². The van der Waals surface area contributed by atoms with E-state index < -0.39 is 0 Å². The predicted molar refractivity (Wildman–Crippen MR) is 67.5 cm³/mol. The summed E-state index contributed by atoms with van der Waals surface area (Å²) in [6, 6.07) is 17.6. The smallest absolute Gasteiger partial charge is 0.176 e. The zero-order chi connectivity index (χ0) is 11.7. The number of benzene rings is 2. The van der Waals surface area contributed by atoms with Gasteiger partial charge < -0.3 is 9.15 Å². The molecule has 0 aliphatic carbocycles. The molecular weight excluding hydrogens is 212 g/mol. The van der Waals surface area contributed by atoms with Crippen LogP contribution in [-0.2, 0) is 0 Å². The van der Waals surface area contributed by atoms with Crippen LogP contribution >= 0.6 is 0 Å². The Labute approximate surface area is 99.4 Å². The van der Waals surface area contributed by atoms with Crippen LogP contribution < -0.4 is 4.74 Å². The van der Waals surface area contributed by atoms with Crippen LogP contribution in [0.5, 0.6) is 11.5 Å². The molecule has 0 spiro atoms. The molecule has 1 heterocycles. The lowest BCUT2D eigenvalue weighted by Crippen LogP contribution is -1.83. The number of hydrogen-bond acceptors (Lipinski definition) is 2. The van der Waals surface area contributed by atoms with E-state index >= 15 is 0 Å². The second-order valence-electron chi connectivity index (χ2n) is 3.95. The van der Waals surface area contributed by atoms with Gasteiger partial charge in [-0.15, -0.1) is 0 Å². The average molecular weight is 224 g/mol. The van der Waals surface area contributed by atoms with Crippen LogP contribution in [-0.4, -0.2) is 0 Å². The Morgan fingerprint density at radius 1 is 0.941 bits per heavy atom. The molecule has 2 heteroatoms. The molecule has 0 radical (unpaired) electrons. The van der Waals surface area contributed by atoms with Crippen molar-refractivity contribution >= 4 is 11.0 Å². The fourth-order valence-corrected chi connectivity index (χ4v) is 1.86. The van der Waals surface area contributed by atoms with Crippen molar-refractivity contribution < 1.29 is 9.15 Å². The molecule has 0 saturated heterocycles. The highest BCUT2D eigenvalue weighted by atomic mass is 16.5. The Bertz CT molecular complexity index is 638. The minimum atomic E-state index is 0.752. The molecule has 0 fully saturated rings. The molecule has 3 rings (SSSR count).